The largest absolute Gasteiger partial charge is 0.381 e. The molecule has 1 aliphatic rings. The van der Waals surface area contributed by atoms with E-state index in [1.807, 2.05) is 0 Å². The summed E-state index contributed by atoms with van der Waals surface area (Å²) in [7, 11) is 0. The van der Waals surface area contributed by atoms with Gasteiger partial charge in [0.2, 0.25) is 0 Å². The van der Waals surface area contributed by atoms with Crippen molar-refractivity contribution in [3.8, 4) is 0 Å². The maximum Gasteiger partial charge on any atom is 0.0528 e. The van der Waals surface area contributed by atoms with Gasteiger partial charge in [0, 0.05) is 17.9 Å². The summed E-state index contributed by atoms with van der Waals surface area (Å²) in [5.41, 5.74) is 1.51. The van der Waals surface area contributed by atoms with E-state index >= 15 is 0 Å². The van der Waals surface area contributed by atoms with Gasteiger partial charge in [-0.1, -0.05) is 34.5 Å². The second kappa shape index (κ2) is 5.76. The third-order valence-electron chi connectivity index (χ3n) is 2.29. The molecule has 0 radical (unpaired) electrons. The Bertz CT molecular complexity index is 142. The van der Waals surface area contributed by atoms with Gasteiger partial charge in [0.1, 0.15) is 0 Å². The van der Waals surface area contributed by atoms with Crippen LogP contribution in [0.25, 0.3) is 0 Å². The van der Waals surface area contributed by atoms with Gasteiger partial charge in [-0.3, -0.25) is 0 Å². The van der Waals surface area contributed by atoms with Crippen molar-refractivity contribution in [2.24, 2.45) is 5.92 Å². The molecule has 0 bridgehead atoms. The summed E-state index contributed by atoms with van der Waals surface area (Å²) in [6.45, 7) is 4.09. The third kappa shape index (κ3) is 3.28. The van der Waals surface area contributed by atoms with E-state index in [9.17, 15) is 0 Å². The van der Waals surface area contributed by atoms with Crippen LogP contribution >= 0.6 is 15.9 Å². The van der Waals surface area contributed by atoms with Gasteiger partial charge in [0.15, 0.2) is 0 Å². The van der Waals surface area contributed by atoms with Gasteiger partial charge in [-0.25, -0.2) is 0 Å². The molecule has 0 aromatic heterocycles. The number of allylic oxidation sites excluding steroid dienone is 1. The molecule has 12 heavy (non-hydrogen) atoms. The van der Waals surface area contributed by atoms with E-state index in [1.54, 1.807) is 0 Å². The Balaban J connectivity index is 2.39. The molecule has 0 aliphatic carbocycles. The van der Waals surface area contributed by atoms with E-state index in [4.69, 9.17) is 4.74 Å². The van der Waals surface area contributed by atoms with E-state index < -0.39 is 0 Å². The summed E-state index contributed by atoms with van der Waals surface area (Å²) in [6.07, 6.45) is 6.06. The van der Waals surface area contributed by atoms with Crippen molar-refractivity contribution in [2.45, 2.75) is 26.2 Å². The lowest BCUT2D eigenvalue weighted by Crippen LogP contribution is -2.15. The van der Waals surface area contributed by atoms with Crippen molar-refractivity contribution in [3.63, 3.8) is 0 Å². The second-order valence-electron chi connectivity index (χ2n) is 3.29. The first kappa shape index (κ1) is 10.3. The number of halogens is 1. The van der Waals surface area contributed by atoms with Crippen molar-refractivity contribution >= 4 is 15.9 Å². The molecule has 0 amide bonds. The monoisotopic (exact) mass is 232 g/mol. The molecule has 0 spiro atoms. The molecule has 2 heteroatoms. The zero-order valence-electron chi connectivity index (χ0n) is 7.68. The quantitative estimate of drug-likeness (QED) is 0.537. The van der Waals surface area contributed by atoms with Crippen molar-refractivity contribution in [3.05, 3.63) is 11.6 Å². The van der Waals surface area contributed by atoms with E-state index in [0.29, 0.717) is 5.92 Å². The first-order valence-corrected chi connectivity index (χ1v) is 5.82. The van der Waals surface area contributed by atoms with Crippen LogP contribution < -0.4 is 0 Å². The Hall–Kier alpha value is 0.180. The molecule has 0 saturated carbocycles. The lowest BCUT2D eigenvalue weighted by atomic mass is 9.99. The van der Waals surface area contributed by atoms with Crippen LogP contribution in [0.4, 0.5) is 0 Å². The molecule has 1 fully saturated rings. The highest BCUT2D eigenvalue weighted by atomic mass is 79.9. The first-order chi connectivity index (χ1) is 5.86. The summed E-state index contributed by atoms with van der Waals surface area (Å²) in [5, 5.41) is 1.01. The van der Waals surface area contributed by atoms with Gasteiger partial charge >= 0.3 is 0 Å². The summed E-state index contributed by atoms with van der Waals surface area (Å²) >= 11 is 3.49. The minimum Gasteiger partial charge on any atom is -0.381 e. The topological polar surface area (TPSA) is 9.23 Å². The molecule has 1 saturated heterocycles. The van der Waals surface area contributed by atoms with Gasteiger partial charge in [-0.2, -0.15) is 0 Å². The smallest absolute Gasteiger partial charge is 0.0528 e. The van der Waals surface area contributed by atoms with Crippen LogP contribution in [0.5, 0.6) is 0 Å². The summed E-state index contributed by atoms with van der Waals surface area (Å²) in [6, 6.07) is 0. The van der Waals surface area contributed by atoms with Crippen LogP contribution in [0.3, 0.4) is 0 Å². The predicted molar refractivity (Wildman–Crippen MR) is 55.7 cm³/mol. The van der Waals surface area contributed by atoms with E-state index in [0.717, 1.165) is 25.0 Å². The van der Waals surface area contributed by atoms with Crippen molar-refractivity contribution in [1.82, 2.24) is 0 Å². The molecule has 1 aliphatic heterocycles. The number of alkyl halides is 1. The van der Waals surface area contributed by atoms with Gasteiger partial charge < -0.3 is 4.74 Å². The minimum absolute atomic E-state index is 0.672. The van der Waals surface area contributed by atoms with Gasteiger partial charge in [0.05, 0.1) is 6.61 Å². The third-order valence-corrected chi connectivity index (χ3v) is 3.01. The molecule has 1 unspecified atom stereocenters. The number of rotatable bonds is 3. The fraction of sp³-hybridized carbons (Fsp3) is 0.800. The average molecular weight is 233 g/mol. The molecule has 1 heterocycles. The summed E-state index contributed by atoms with van der Waals surface area (Å²) in [5.74, 6) is 0.672. The fourth-order valence-electron chi connectivity index (χ4n) is 1.49. The minimum atomic E-state index is 0.672. The summed E-state index contributed by atoms with van der Waals surface area (Å²) in [4.78, 5) is 0. The zero-order chi connectivity index (χ0) is 8.81. The van der Waals surface area contributed by atoms with E-state index in [1.165, 1.54) is 18.4 Å². The Morgan fingerprint density at radius 3 is 3.00 bits per heavy atom. The molecule has 1 rings (SSSR count). The average Bonchev–Trinajstić information content (AvgIpc) is 2.16. The Kier molecular flexibility index (Phi) is 4.93. The Morgan fingerprint density at radius 1 is 1.67 bits per heavy atom. The molecule has 1 nitrogen and oxygen atoms in total. The van der Waals surface area contributed by atoms with Crippen LogP contribution in [0.15, 0.2) is 11.6 Å². The lowest BCUT2D eigenvalue weighted by molar-refractivity contribution is 0.0707. The van der Waals surface area contributed by atoms with Crippen molar-refractivity contribution < 1.29 is 4.74 Å². The maximum atomic E-state index is 5.41. The lowest BCUT2D eigenvalue weighted by Gasteiger charge is -2.19. The highest BCUT2D eigenvalue weighted by Crippen LogP contribution is 2.18. The number of ether oxygens (including phenoxy) is 1. The van der Waals surface area contributed by atoms with Crippen LogP contribution in [0.2, 0.25) is 0 Å². The van der Waals surface area contributed by atoms with Gasteiger partial charge in [-0.15, -0.1) is 0 Å². The standard InChI is InChI=1S/C10H17BrO/c1-2-9(7-11)6-10-4-3-5-12-8-10/h6,10H,2-5,7-8H2,1H3/b9-6+. The van der Waals surface area contributed by atoms with Crippen molar-refractivity contribution in [1.29, 1.82) is 0 Å². The molecule has 70 valence electrons. The summed E-state index contributed by atoms with van der Waals surface area (Å²) < 4.78 is 5.41. The molecular weight excluding hydrogens is 216 g/mol. The first-order valence-electron chi connectivity index (χ1n) is 4.70. The fourth-order valence-corrected chi connectivity index (χ4v) is 2.07. The highest BCUT2D eigenvalue weighted by Gasteiger charge is 2.11. The Morgan fingerprint density at radius 2 is 2.50 bits per heavy atom. The molecular formula is C10H17BrO. The predicted octanol–water partition coefficient (Wildman–Crippen LogP) is 3.14. The van der Waals surface area contributed by atoms with Crippen LogP contribution in [-0.4, -0.2) is 18.5 Å². The normalized spacial score (nSPS) is 25.8. The van der Waals surface area contributed by atoms with Gasteiger partial charge in [-0.05, 0) is 19.3 Å². The van der Waals surface area contributed by atoms with Crippen molar-refractivity contribution in [2.75, 3.05) is 18.5 Å². The van der Waals surface area contributed by atoms with Crippen LogP contribution in [0.1, 0.15) is 26.2 Å². The number of hydrogen-bond acceptors (Lipinski definition) is 1. The number of hydrogen-bond donors (Lipinski definition) is 0. The highest BCUT2D eigenvalue weighted by molar-refractivity contribution is 9.09. The van der Waals surface area contributed by atoms with E-state index in [-0.39, 0.29) is 0 Å². The van der Waals surface area contributed by atoms with E-state index in [2.05, 4.69) is 28.9 Å². The molecule has 0 aromatic carbocycles. The Labute approximate surface area is 83.3 Å². The second-order valence-corrected chi connectivity index (χ2v) is 3.85. The maximum absolute atomic E-state index is 5.41. The van der Waals surface area contributed by atoms with Gasteiger partial charge in [0.25, 0.3) is 0 Å². The van der Waals surface area contributed by atoms with Crippen LogP contribution in [0, 0.1) is 5.92 Å². The molecule has 1 atom stereocenters. The van der Waals surface area contributed by atoms with Crippen LogP contribution in [-0.2, 0) is 4.74 Å². The molecule has 0 aromatic rings. The SMILES string of the molecule is CC/C(=C\C1CCCOC1)CBr. The zero-order valence-corrected chi connectivity index (χ0v) is 9.27. The molecule has 0 N–H and O–H groups in total.